The van der Waals surface area contributed by atoms with Crippen molar-refractivity contribution in [1.29, 1.82) is 0 Å². The number of benzene rings is 1. The van der Waals surface area contributed by atoms with Crippen molar-refractivity contribution in [2.45, 2.75) is 57.5 Å². The second kappa shape index (κ2) is 11.3. The maximum atomic E-state index is 11.3. The summed E-state index contributed by atoms with van der Waals surface area (Å²) in [5.41, 5.74) is 8.31. The van der Waals surface area contributed by atoms with Gasteiger partial charge in [-0.1, -0.05) is 12.1 Å². The van der Waals surface area contributed by atoms with Gasteiger partial charge in [0, 0.05) is 25.2 Å². The molecule has 0 aliphatic carbocycles. The van der Waals surface area contributed by atoms with Gasteiger partial charge in [0.1, 0.15) is 23.8 Å². The zero-order valence-electron chi connectivity index (χ0n) is 21.0. The average molecular weight is 530 g/mol. The number of aliphatic carboxylic acids is 1. The van der Waals surface area contributed by atoms with Crippen LogP contribution < -0.4 is 10.6 Å². The van der Waals surface area contributed by atoms with Gasteiger partial charge in [-0.2, -0.15) is 9.97 Å². The van der Waals surface area contributed by atoms with Crippen molar-refractivity contribution in [3.05, 3.63) is 36.2 Å². The van der Waals surface area contributed by atoms with Crippen LogP contribution in [0.4, 0.5) is 17.5 Å². The molecule has 1 aromatic carbocycles. The number of likely N-dealkylation sites (N-methyl/N-ethyl adjacent to an activating group) is 1. The molecule has 0 radical (unpaired) electrons. The number of aliphatic hydroxyl groups excluding tert-OH is 3. The van der Waals surface area contributed by atoms with Crippen LogP contribution in [0.1, 0.15) is 32.1 Å². The number of carboxylic acid groups (broad SMARTS) is 1. The lowest BCUT2D eigenvalue weighted by molar-refractivity contribution is -0.152. The van der Waals surface area contributed by atoms with Crippen molar-refractivity contribution >= 4 is 41.0 Å². The van der Waals surface area contributed by atoms with E-state index in [4.69, 9.17) is 15.6 Å². The number of nitrogen functional groups attached to an aromatic ring is 1. The number of aromatic nitrogens is 4. The van der Waals surface area contributed by atoms with Gasteiger partial charge in [0.15, 0.2) is 23.9 Å². The molecule has 3 aromatic rings. The molecule has 5 atom stereocenters. The Bertz CT molecular complexity index is 1290. The summed E-state index contributed by atoms with van der Waals surface area (Å²) in [5, 5.41) is 40.7. The van der Waals surface area contributed by atoms with E-state index in [2.05, 4.69) is 15.0 Å². The van der Waals surface area contributed by atoms with E-state index >= 15 is 0 Å². The number of rotatable bonds is 11. The van der Waals surface area contributed by atoms with E-state index in [9.17, 15) is 24.9 Å². The molecule has 38 heavy (non-hydrogen) atoms. The summed E-state index contributed by atoms with van der Waals surface area (Å²) < 4.78 is 7.21. The number of anilines is 3. The number of aryl methyl sites for hydroxylation is 1. The van der Waals surface area contributed by atoms with Gasteiger partial charge in [-0.15, -0.1) is 0 Å². The lowest BCUT2D eigenvalue weighted by Crippen LogP contribution is -2.48. The highest BCUT2D eigenvalue weighted by atomic mass is 16.6. The van der Waals surface area contributed by atoms with Crippen LogP contribution >= 0.6 is 0 Å². The molecule has 2 aromatic heterocycles. The van der Waals surface area contributed by atoms with Gasteiger partial charge >= 0.3 is 5.97 Å². The minimum Gasteiger partial charge on any atom is -0.481 e. The number of hydrogen-bond donors (Lipinski definition) is 5. The third kappa shape index (κ3) is 5.11. The molecular weight excluding hydrogens is 498 g/mol. The van der Waals surface area contributed by atoms with Crippen LogP contribution in [0.3, 0.4) is 0 Å². The number of carbonyl (C=O) groups excluding carboxylic acids is 1. The standard InChI is InChI=1S/C24H31N7O7/c1-3-29(12-32)22(37)19-17(35)18(36)23(38-19)31-11-26-16-20(25)27-24(28-21(16)31)30(4-2)14-8-5-13(6-9-14)7-10-15(33)34/h5-6,8-9,11-12,17-19,22-23,35-37H,3-4,7,10H2,1-2H3,(H,33,34)(H2,25,27,28)/t17-,18+,19-,22?,23+/m0/s1. The molecule has 1 aliphatic rings. The quantitative estimate of drug-likeness (QED) is 0.165. The molecular formula is C24H31N7O7. The lowest BCUT2D eigenvalue weighted by Gasteiger charge is -2.28. The normalized spacial score (nSPS) is 21.9. The summed E-state index contributed by atoms with van der Waals surface area (Å²) >= 11 is 0. The Balaban J connectivity index is 1.65. The molecule has 14 heteroatoms. The van der Waals surface area contributed by atoms with E-state index in [1.165, 1.54) is 10.9 Å². The van der Waals surface area contributed by atoms with E-state index in [1.54, 1.807) is 11.8 Å². The summed E-state index contributed by atoms with van der Waals surface area (Å²) in [4.78, 5) is 38.2. The molecule has 1 fully saturated rings. The number of carbonyl (C=O) groups is 2. The third-order valence-electron chi connectivity index (χ3n) is 6.55. The lowest BCUT2D eigenvalue weighted by atomic mass is 10.1. The van der Waals surface area contributed by atoms with Gasteiger partial charge in [0.05, 0.1) is 6.33 Å². The summed E-state index contributed by atoms with van der Waals surface area (Å²) in [7, 11) is 0. The second-order valence-electron chi connectivity index (χ2n) is 8.86. The number of amides is 1. The summed E-state index contributed by atoms with van der Waals surface area (Å²) in [6.45, 7) is 4.20. The van der Waals surface area contributed by atoms with Crippen LogP contribution in [-0.2, 0) is 20.7 Å². The number of aliphatic hydroxyl groups is 3. The second-order valence-corrected chi connectivity index (χ2v) is 8.86. The topological polar surface area (TPSA) is 200 Å². The molecule has 1 aliphatic heterocycles. The highest BCUT2D eigenvalue weighted by Gasteiger charge is 2.48. The van der Waals surface area contributed by atoms with Crippen LogP contribution in [0.15, 0.2) is 30.6 Å². The minimum absolute atomic E-state index is 0.0322. The largest absolute Gasteiger partial charge is 0.481 e. The molecule has 0 saturated carbocycles. The van der Waals surface area contributed by atoms with Gasteiger partial charge < -0.3 is 40.7 Å². The Hall–Kier alpha value is -3.85. The smallest absolute Gasteiger partial charge is 0.303 e. The number of nitrogens with two attached hydrogens (primary N) is 1. The zero-order chi connectivity index (χ0) is 27.6. The Morgan fingerprint density at radius 3 is 2.50 bits per heavy atom. The van der Waals surface area contributed by atoms with E-state index < -0.39 is 36.7 Å². The zero-order valence-corrected chi connectivity index (χ0v) is 21.0. The Labute approximate surface area is 217 Å². The van der Waals surface area contributed by atoms with E-state index in [1.807, 2.05) is 31.2 Å². The van der Waals surface area contributed by atoms with Crippen LogP contribution in [0, 0.1) is 0 Å². The molecule has 0 bridgehead atoms. The average Bonchev–Trinajstić information content (AvgIpc) is 3.45. The van der Waals surface area contributed by atoms with Crippen molar-refractivity contribution in [2.75, 3.05) is 23.7 Å². The van der Waals surface area contributed by atoms with Crippen LogP contribution in [0.2, 0.25) is 0 Å². The van der Waals surface area contributed by atoms with Gasteiger partial charge in [0.2, 0.25) is 12.4 Å². The first-order chi connectivity index (χ1) is 18.2. The number of hydrogen-bond acceptors (Lipinski definition) is 11. The van der Waals surface area contributed by atoms with Gasteiger partial charge in [-0.05, 0) is 38.0 Å². The maximum Gasteiger partial charge on any atom is 0.303 e. The van der Waals surface area contributed by atoms with Crippen LogP contribution in [-0.4, -0.2) is 94.9 Å². The van der Waals surface area contributed by atoms with Gasteiger partial charge in [-0.25, -0.2) is 4.98 Å². The predicted octanol–water partition coefficient (Wildman–Crippen LogP) is -0.000400. The van der Waals surface area contributed by atoms with Crippen molar-refractivity contribution in [3.8, 4) is 0 Å². The molecule has 1 unspecified atom stereocenters. The molecule has 14 nitrogen and oxygen atoms in total. The molecule has 0 spiro atoms. The number of carboxylic acids is 1. The number of imidazole rings is 1. The molecule has 3 heterocycles. The number of nitrogens with zero attached hydrogens (tertiary/aromatic N) is 6. The third-order valence-corrected chi connectivity index (χ3v) is 6.55. The van der Waals surface area contributed by atoms with Crippen LogP contribution in [0.5, 0.6) is 0 Å². The van der Waals surface area contributed by atoms with Crippen LogP contribution in [0.25, 0.3) is 11.2 Å². The highest BCUT2D eigenvalue weighted by molar-refractivity contribution is 5.83. The van der Waals surface area contributed by atoms with Crippen molar-refractivity contribution in [1.82, 2.24) is 24.4 Å². The van der Waals surface area contributed by atoms with Gasteiger partial charge in [0.25, 0.3) is 0 Å². The summed E-state index contributed by atoms with van der Waals surface area (Å²) in [6, 6.07) is 7.34. The Morgan fingerprint density at radius 2 is 1.89 bits per heavy atom. The monoisotopic (exact) mass is 529 g/mol. The predicted molar refractivity (Wildman–Crippen MR) is 135 cm³/mol. The van der Waals surface area contributed by atoms with E-state index in [-0.39, 0.29) is 35.9 Å². The van der Waals surface area contributed by atoms with Gasteiger partial charge in [-0.3, -0.25) is 14.2 Å². The molecule has 1 amide bonds. The Kier molecular flexibility index (Phi) is 8.06. The number of fused-ring (bicyclic) bond motifs is 1. The maximum absolute atomic E-state index is 11.3. The highest BCUT2D eigenvalue weighted by Crippen LogP contribution is 2.35. The fourth-order valence-electron chi connectivity index (χ4n) is 4.44. The summed E-state index contributed by atoms with van der Waals surface area (Å²) in [5.74, 6) is -0.530. The molecule has 6 N–H and O–H groups in total. The molecule has 1 saturated heterocycles. The first-order valence-corrected chi connectivity index (χ1v) is 12.2. The fourth-order valence-corrected chi connectivity index (χ4v) is 4.44. The molecule has 4 rings (SSSR count). The Morgan fingerprint density at radius 1 is 1.18 bits per heavy atom. The van der Waals surface area contributed by atoms with Crippen molar-refractivity contribution < 1.29 is 34.8 Å². The van der Waals surface area contributed by atoms with Crippen molar-refractivity contribution in [3.63, 3.8) is 0 Å². The SMILES string of the molecule is CCN(c1ccc(CCC(=O)O)cc1)c1nc(N)c2ncn([C@@H]3O[C@H](C(O)N(C=O)CC)[C@@H](O)[C@H]3O)c2n1. The van der Waals surface area contributed by atoms with E-state index in [0.29, 0.717) is 19.4 Å². The minimum atomic E-state index is -1.49. The fraction of sp³-hybridized carbons (Fsp3) is 0.458. The molecule has 204 valence electrons. The van der Waals surface area contributed by atoms with E-state index in [0.717, 1.165) is 16.2 Å². The van der Waals surface area contributed by atoms with Crippen molar-refractivity contribution in [2.24, 2.45) is 0 Å². The summed E-state index contributed by atoms with van der Waals surface area (Å²) in [6.07, 6.45) is -4.66. The first kappa shape index (κ1) is 27.2. The number of ether oxygens (including phenoxy) is 1. The first-order valence-electron chi connectivity index (χ1n) is 12.2.